The number of ether oxygens (including phenoxy) is 1. The summed E-state index contributed by atoms with van der Waals surface area (Å²) < 4.78 is 4.93. The van der Waals surface area contributed by atoms with Crippen LogP contribution in [0.1, 0.15) is 6.42 Å². The Morgan fingerprint density at radius 1 is 1.56 bits per heavy atom. The van der Waals surface area contributed by atoms with Crippen molar-refractivity contribution in [3.8, 4) is 0 Å². The van der Waals surface area contributed by atoms with Crippen LogP contribution in [0.5, 0.6) is 0 Å². The zero-order valence-electron chi connectivity index (χ0n) is 9.25. The van der Waals surface area contributed by atoms with Crippen molar-refractivity contribution < 1.29 is 40.3 Å². The fourth-order valence-corrected chi connectivity index (χ4v) is 2.45. The Morgan fingerprint density at radius 2 is 2.17 bits per heavy atom. The van der Waals surface area contributed by atoms with Gasteiger partial charge in [0.2, 0.25) is 0 Å². The molecule has 0 saturated carbocycles. The van der Waals surface area contributed by atoms with Crippen LogP contribution in [0, 0.1) is 0 Å². The van der Waals surface area contributed by atoms with E-state index in [0.29, 0.717) is 5.06 Å². The van der Waals surface area contributed by atoms with Gasteiger partial charge in [-0.1, -0.05) is 0 Å². The maximum Gasteiger partial charge on any atom is 0.364 e. The number of hydrogen-bond acceptors (Lipinski definition) is 8. The van der Waals surface area contributed by atoms with Crippen LogP contribution in [0.4, 0.5) is 0 Å². The maximum absolute atomic E-state index is 10.9. The summed E-state index contributed by atoms with van der Waals surface area (Å²) in [7, 11) is 0. The molecule has 6 N–H and O–H groups in total. The third-order valence-electron chi connectivity index (χ3n) is 3.41. The number of rotatable bonds is 3. The van der Waals surface area contributed by atoms with E-state index in [0.717, 1.165) is 0 Å². The fourth-order valence-electron chi connectivity index (χ4n) is 2.45. The third kappa shape index (κ3) is 1.80. The smallest absolute Gasteiger partial charge is 0.364 e. The predicted octanol–water partition coefficient (Wildman–Crippen LogP) is -3.30. The van der Waals surface area contributed by atoms with Gasteiger partial charge in [0, 0.05) is 6.42 Å². The molecule has 2 fully saturated rings. The lowest BCUT2D eigenvalue weighted by molar-refractivity contribution is -0.392. The van der Waals surface area contributed by atoms with Crippen LogP contribution >= 0.6 is 0 Å². The number of hydrogen-bond donors (Lipinski definition) is 6. The zero-order chi connectivity index (χ0) is 13.7. The number of fused-ring (bicyclic) bond motifs is 1. The number of nitrogens with zero attached hydrogens (tertiary/aromatic N) is 1. The van der Waals surface area contributed by atoms with E-state index in [-0.39, 0.29) is 0 Å². The Balaban J connectivity index is 2.18. The largest absolute Gasteiger partial charge is 0.477 e. The molecule has 0 aromatic rings. The molecule has 2 rings (SSSR count). The normalized spacial score (nSPS) is 46.1. The Bertz CT molecular complexity index is 351. The van der Waals surface area contributed by atoms with Gasteiger partial charge in [-0.2, -0.15) is 5.06 Å². The topological polar surface area (TPSA) is 151 Å². The maximum atomic E-state index is 10.9. The molecule has 2 aliphatic heterocycles. The van der Waals surface area contributed by atoms with Crippen molar-refractivity contribution in [2.45, 2.75) is 42.6 Å². The number of carbonyl (C=O) groups is 1. The quantitative estimate of drug-likeness (QED) is 0.308. The summed E-state index contributed by atoms with van der Waals surface area (Å²) in [6, 6.07) is -2.03. The minimum atomic E-state index is -2.56. The molecule has 6 atom stereocenters. The van der Waals surface area contributed by atoms with E-state index in [1.165, 1.54) is 0 Å². The Kier molecular flexibility index (Phi) is 3.32. The lowest BCUT2D eigenvalue weighted by Gasteiger charge is -2.58. The van der Waals surface area contributed by atoms with Crippen molar-refractivity contribution in [3.05, 3.63) is 0 Å². The van der Waals surface area contributed by atoms with E-state index in [9.17, 15) is 25.3 Å². The van der Waals surface area contributed by atoms with Gasteiger partial charge in [-0.15, -0.1) is 0 Å². The third-order valence-corrected chi connectivity index (χ3v) is 3.41. The average molecular weight is 265 g/mol. The Morgan fingerprint density at radius 3 is 2.67 bits per heavy atom. The van der Waals surface area contributed by atoms with Gasteiger partial charge in [0.1, 0.15) is 6.10 Å². The van der Waals surface area contributed by atoms with Gasteiger partial charge in [-0.3, -0.25) is 0 Å². The van der Waals surface area contributed by atoms with Crippen LogP contribution in [0.3, 0.4) is 0 Å². The Hall–Kier alpha value is -0.810. The summed E-state index contributed by atoms with van der Waals surface area (Å²) in [5.41, 5.74) is 0. The number of carboxylic acids is 1. The molecular weight excluding hydrogens is 250 g/mol. The molecule has 0 aromatic heterocycles. The minimum Gasteiger partial charge on any atom is -0.477 e. The highest BCUT2D eigenvalue weighted by molar-refractivity contribution is 5.75. The van der Waals surface area contributed by atoms with Crippen LogP contribution in [-0.4, -0.2) is 84.6 Å². The van der Waals surface area contributed by atoms with Gasteiger partial charge in [-0.25, -0.2) is 4.79 Å². The molecule has 0 aliphatic carbocycles. The van der Waals surface area contributed by atoms with Crippen molar-refractivity contribution in [2.75, 3.05) is 6.61 Å². The van der Waals surface area contributed by atoms with Gasteiger partial charge in [0.05, 0.1) is 30.9 Å². The van der Waals surface area contributed by atoms with Gasteiger partial charge in [0.25, 0.3) is 5.79 Å². The second-order valence-electron chi connectivity index (χ2n) is 4.55. The molecule has 2 saturated heterocycles. The van der Waals surface area contributed by atoms with E-state index in [2.05, 4.69) is 0 Å². The van der Waals surface area contributed by atoms with Crippen molar-refractivity contribution in [3.63, 3.8) is 0 Å². The SMILES string of the molecule is O=C(O)[C@@]1(O)C[C@@H](O)[C@@H]2C(O1)[C@@H]([C@H](O)CO)N2O. The Labute approximate surface area is 101 Å². The summed E-state index contributed by atoms with van der Waals surface area (Å²) in [5, 5.41) is 56.6. The van der Waals surface area contributed by atoms with Crippen LogP contribution in [0.2, 0.25) is 0 Å². The molecule has 18 heavy (non-hydrogen) atoms. The number of carboxylic acid groups (broad SMARTS) is 1. The first-order valence-electron chi connectivity index (χ1n) is 5.39. The standard InChI is InChI=1S/C9H15NO8/c11-2-4(13)6-7-5(10(6)17)3(12)1-9(16,18-7)8(14)15/h3-7,11-13,16-17H,1-2H2,(H,14,15)/t3-,4-,5-,6-,7?,9-/m1/s1. The van der Waals surface area contributed by atoms with Crippen LogP contribution < -0.4 is 0 Å². The molecular formula is C9H15NO8. The molecule has 0 spiro atoms. The van der Waals surface area contributed by atoms with Crippen LogP contribution in [0.15, 0.2) is 0 Å². The lowest BCUT2D eigenvalue weighted by atomic mass is 9.79. The summed E-state index contributed by atoms with van der Waals surface area (Å²) in [5.74, 6) is -4.22. The number of hydroxylamine groups is 2. The fraction of sp³-hybridized carbons (Fsp3) is 0.889. The highest BCUT2D eigenvalue weighted by Gasteiger charge is 2.63. The summed E-state index contributed by atoms with van der Waals surface area (Å²) in [6.45, 7) is -0.671. The molecule has 2 heterocycles. The molecule has 9 nitrogen and oxygen atoms in total. The monoisotopic (exact) mass is 265 g/mol. The van der Waals surface area contributed by atoms with Crippen LogP contribution in [0.25, 0.3) is 0 Å². The summed E-state index contributed by atoms with van der Waals surface area (Å²) in [6.07, 6.45) is -4.37. The van der Waals surface area contributed by atoms with E-state index < -0.39 is 55.2 Å². The minimum absolute atomic E-state index is 0.595. The molecule has 1 unspecified atom stereocenters. The van der Waals surface area contributed by atoms with Crippen molar-refractivity contribution in [1.82, 2.24) is 5.06 Å². The highest BCUT2D eigenvalue weighted by atomic mass is 16.7. The molecule has 9 heteroatoms. The molecule has 104 valence electrons. The van der Waals surface area contributed by atoms with Gasteiger partial charge in [0.15, 0.2) is 0 Å². The molecule has 0 bridgehead atoms. The summed E-state index contributed by atoms with van der Waals surface area (Å²) >= 11 is 0. The average Bonchev–Trinajstić information content (AvgIpc) is 2.27. The molecule has 0 radical (unpaired) electrons. The number of aliphatic hydroxyl groups excluding tert-OH is 3. The van der Waals surface area contributed by atoms with E-state index >= 15 is 0 Å². The lowest BCUT2D eigenvalue weighted by Crippen LogP contribution is -2.79. The highest BCUT2D eigenvalue weighted by Crippen LogP contribution is 2.40. The van der Waals surface area contributed by atoms with Crippen molar-refractivity contribution in [2.24, 2.45) is 0 Å². The van der Waals surface area contributed by atoms with Gasteiger partial charge in [-0.05, 0) is 0 Å². The second-order valence-corrected chi connectivity index (χ2v) is 4.55. The number of aliphatic hydroxyl groups is 4. The second kappa shape index (κ2) is 4.38. The predicted molar refractivity (Wildman–Crippen MR) is 52.4 cm³/mol. The van der Waals surface area contributed by atoms with Crippen molar-refractivity contribution in [1.29, 1.82) is 0 Å². The molecule has 0 amide bonds. The first-order valence-corrected chi connectivity index (χ1v) is 5.39. The zero-order valence-corrected chi connectivity index (χ0v) is 9.25. The first kappa shape index (κ1) is 13.6. The van der Waals surface area contributed by atoms with E-state index in [1.54, 1.807) is 0 Å². The van der Waals surface area contributed by atoms with Crippen LogP contribution in [-0.2, 0) is 9.53 Å². The molecule has 2 aliphatic rings. The van der Waals surface area contributed by atoms with E-state index in [4.69, 9.17) is 14.9 Å². The summed E-state index contributed by atoms with van der Waals surface area (Å²) in [4.78, 5) is 10.9. The first-order chi connectivity index (χ1) is 8.31. The van der Waals surface area contributed by atoms with Gasteiger partial charge >= 0.3 is 5.97 Å². The van der Waals surface area contributed by atoms with E-state index in [1.807, 2.05) is 0 Å². The van der Waals surface area contributed by atoms with Gasteiger partial charge < -0.3 is 35.5 Å². The molecule has 0 aromatic carbocycles. The van der Waals surface area contributed by atoms with Crippen molar-refractivity contribution >= 4 is 5.97 Å². The number of aliphatic carboxylic acids is 1.